The standard InChI is InChI=1S/C19H15F3N4O4/c20-19(21,22)30-11-5-4-10-8-14(17(23)27)26(13(10)9-11)16-3-1-2-15(24-16)25-7-6-12(25)18(28)29/h1-5,8-9,12H,6-7H2,(H2,23,27)(H,28,29)/t12-/m1/s1. The molecule has 30 heavy (non-hydrogen) atoms. The number of alkyl halides is 3. The lowest BCUT2D eigenvalue weighted by atomic mass is 10.0. The molecule has 1 aliphatic rings. The molecule has 1 aliphatic heterocycles. The van der Waals surface area contributed by atoms with Gasteiger partial charge in [0.05, 0.1) is 5.52 Å². The zero-order valence-electron chi connectivity index (χ0n) is 15.3. The number of benzene rings is 1. The van der Waals surface area contributed by atoms with E-state index in [1.807, 2.05) is 0 Å². The molecule has 1 amide bonds. The van der Waals surface area contributed by atoms with Crippen LogP contribution in [-0.2, 0) is 4.79 Å². The maximum absolute atomic E-state index is 12.6. The quantitative estimate of drug-likeness (QED) is 0.657. The summed E-state index contributed by atoms with van der Waals surface area (Å²) in [6.07, 6.45) is -4.41. The Balaban J connectivity index is 1.84. The second-order valence-corrected chi connectivity index (χ2v) is 6.69. The van der Waals surface area contributed by atoms with E-state index in [0.717, 1.165) is 12.1 Å². The number of aliphatic carboxylic acids is 1. The number of hydrogen-bond donors (Lipinski definition) is 2. The Labute approximate surface area is 167 Å². The maximum atomic E-state index is 12.6. The predicted molar refractivity (Wildman–Crippen MR) is 99.7 cm³/mol. The highest BCUT2D eigenvalue weighted by Crippen LogP contribution is 2.31. The van der Waals surface area contributed by atoms with E-state index < -0.39 is 30.0 Å². The summed E-state index contributed by atoms with van der Waals surface area (Å²) >= 11 is 0. The first-order chi connectivity index (χ1) is 14.1. The Morgan fingerprint density at radius 2 is 1.90 bits per heavy atom. The predicted octanol–water partition coefficient (Wildman–Crippen LogP) is 2.69. The summed E-state index contributed by atoms with van der Waals surface area (Å²) in [7, 11) is 0. The summed E-state index contributed by atoms with van der Waals surface area (Å²) in [5, 5.41) is 9.71. The van der Waals surface area contributed by atoms with E-state index >= 15 is 0 Å². The third-order valence-corrected chi connectivity index (χ3v) is 4.81. The summed E-state index contributed by atoms with van der Waals surface area (Å²) in [5.41, 5.74) is 5.71. The molecule has 0 spiro atoms. The van der Waals surface area contributed by atoms with Crippen molar-refractivity contribution in [3.05, 3.63) is 48.2 Å². The molecule has 0 bridgehead atoms. The molecule has 1 saturated heterocycles. The summed E-state index contributed by atoms with van der Waals surface area (Å²) in [5.74, 6) is -1.67. The number of carbonyl (C=O) groups excluding carboxylic acids is 1. The third-order valence-electron chi connectivity index (χ3n) is 4.81. The molecule has 0 saturated carbocycles. The van der Waals surface area contributed by atoms with Crippen LogP contribution in [0.1, 0.15) is 16.9 Å². The molecule has 3 aromatic rings. The van der Waals surface area contributed by atoms with Crippen LogP contribution in [0.25, 0.3) is 16.7 Å². The average molecular weight is 420 g/mol. The smallest absolute Gasteiger partial charge is 0.480 e. The minimum absolute atomic E-state index is 0.0113. The van der Waals surface area contributed by atoms with E-state index in [9.17, 15) is 27.9 Å². The van der Waals surface area contributed by atoms with Crippen molar-refractivity contribution in [3.63, 3.8) is 0 Å². The number of anilines is 1. The van der Waals surface area contributed by atoms with Gasteiger partial charge in [0.15, 0.2) is 0 Å². The molecule has 11 heteroatoms. The molecule has 3 heterocycles. The molecule has 156 valence electrons. The van der Waals surface area contributed by atoms with Crippen molar-refractivity contribution in [2.75, 3.05) is 11.4 Å². The van der Waals surface area contributed by atoms with Crippen molar-refractivity contribution in [2.24, 2.45) is 5.73 Å². The number of nitrogens with two attached hydrogens (primary N) is 1. The number of nitrogens with zero attached hydrogens (tertiary/aromatic N) is 3. The van der Waals surface area contributed by atoms with Crippen LogP contribution in [0, 0.1) is 0 Å². The SMILES string of the molecule is NC(=O)c1cc2ccc(OC(F)(F)F)cc2n1-c1cccc(N2CC[C@@H]2C(=O)O)n1. The second-order valence-electron chi connectivity index (χ2n) is 6.69. The minimum Gasteiger partial charge on any atom is -0.480 e. The van der Waals surface area contributed by atoms with E-state index in [0.29, 0.717) is 24.2 Å². The highest BCUT2D eigenvalue weighted by molar-refractivity contribution is 5.99. The number of halogens is 3. The molecule has 0 aliphatic carbocycles. The molecule has 3 N–H and O–H groups in total. The number of primary amides is 1. The largest absolute Gasteiger partial charge is 0.573 e. The lowest BCUT2D eigenvalue weighted by Gasteiger charge is -2.39. The van der Waals surface area contributed by atoms with E-state index in [1.165, 1.54) is 16.7 Å². The Hall–Kier alpha value is -3.76. The number of fused-ring (bicyclic) bond motifs is 1. The van der Waals surface area contributed by atoms with E-state index in [1.54, 1.807) is 23.1 Å². The number of carboxylic acids is 1. The van der Waals surface area contributed by atoms with Crippen LogP contribution in [-0.4, -0.2) is 45.5 Å². The molecule has 2 aromatic heterocycles. The maximum Gasteiger partial charge on any atom is 0.573 e. The fraction of sp³-hybridized carbons (Fsp3) is 0.211. The Morgan fingerprint density at radius 3 is 2.50 bits per heavy atom. The molecule has 1 atom stereocenters. The van der Waals surface area contributed by atoms with Crippen molar-refractivity contribution in [1.29, 1.82) is 0 Å². The van der Waals surface area contributed by atoms with Gasteiger partial charge in [-0.2, -0.15) is 0 Å². The molecule has 1 fully saturated rings. The number of hydrogen-bond acceptors (Lipinski definition) is 5. The van der Waals surface area contributed by atoms with Crippen molar-refractivity contribution >= 4 is 28.6 Å². The van der Waals surface area contributed by atoms with Gasteiger partial charge in [-0.25, -0.2) is 9.78 Å². The summed E-state index contributed by atoms with van der Waals surface area (Å²) < 4.78 is 43.2. The van der Waals surface area contributed by atoms with Gasteiger partial charge >= 0.3 is 12.3 Å². The molecule has 8 nitrogen and oxygen atoms in total. The molecular weight excluding hydrogens is 405 g/mol. The highest BCUT2D eigenvalue weighted by Gasteiger charge is 2.35. The van der Waals surface area contributed by atoms with Crippen LogP contribution < -0.4 is 15.4 Å². The lowest BCUT2D eigenvalue weighted by molar-refractivity contribution is -0.274. The van der Waals surface area contributed by atoms with Crippen LogP contribution in [0.5, 0.6) is 5.75 Å². The van der Waals surface area contributed by atoms with Gasteiger partial charge < -0.3 is 20.5 Å². The van der Waals surface area contributed by atoms with Crippen molar-refractivity contribution in [3.8, 4) is 11.6 Å². The number of carboxylic acid groups (broad SMARTS) is 1. The highest BCUT2D eigenvalue weighted by atomic mass is 19.4. The van der Waals surface area contributed by atoms with Crippen molar-refractivity contribution in [2.45, 2.75) is 18.8 Å². The minimum atomic E-state index is -4.88. The fourth-order valence-corrected chi connectivity index (χ4v) is 3.42. The number of ether oxygens (including phenoxy) is 1. The second kappa shape index (κ2) is 6.94. The normalized spacial score (nSPS) is 16.4. The number of aromatic nitrogens is 2. The van der Waals surface area contributed by atoms with E-state index in [2.05, 4.69) is 9.72 Å². The van der Waals surface area contributed by atoms with Gasteiger partial charge in [0.1, 0.15) is 29.1 Å². The molecule has 0 unspecified atom stereocenters. The Bertz CT molecular complexity index is 1160. The van der Waals surface area contributed by atoms with Gasteiger partial charge in [0, 0.05) is 18.0 Å². The molecule has 0 radical (unpaired) electrons. The first-order valence-corrected chi connectivity index (χ1v) is 8.82. The van der Waals surface area contributed by atoms with Crippen LogP contribution in [0.4, 0.5) is 19.0 Å². The number of amides is 1. The third kappa shape index (κ3) is 3.49. The zero-order valence-corrected chi connectivity index (χ0v) is 15.3. The van der Waals surface area contributed by atoms with Gasteiger partial charge in [-0.05, 0) is 36.8 Å². The Morgan fingerprint density at radius 1 is 1.17 bits per heavy atom. The van der Waals surface area contributed by atoms with Crippen LogP contribution in [0.3, 0.4) is 0 Å². The van der Waals surface area contributed by atoms with Gasteiger partial charge in [0.25, 0.3) is 5.91 Å². The summed E-state index contributed by atoms with van der Waals surface area (Å²) in [6, 6.07) is 9.14. The van der Waals surface area contributed by atoms with E-state index in [-0.39, 0.29) is 17.0 Å². The van der Waals surface area contributed by atoms with Crippen LogP contribution in [0.2, 0.25) is 0 Å². The topological polar surface area (TPSA) is 111 Å². The lowest BCUT2D eigenvalue weighted by Crippen LogP contribution is -2.53. The number of carbonyl (C=O) groups is 2. The van der Waals surface area contributed by atoms with Crippen LogP contribution >= 0.6 is 0 Å². The Kier molecular flexibility index (Phi) is 4.52. The van der Waals surface area contributed by atoms with Gasteiger partial charge in [-0.1, -0.05) is 6.07 Å². The van der Waals surface area contributed by atoms with Gasteiger partial charge in [-0.15, -0.1) is 13.2 Å². The van der Waals surface area contributed by atoms with E-state index in [4.69, 9.17) is 5.73 Å². The average Bonchev–Trinajstić information content (AvgIpc) is 2.98. The first kappa shape index (κ1) is 19.6. The van der Waals surface area contributed by atoms with Gasteiger partial charge in [0.2, 0.25) is 0 Å². The zero-order chi connectivity index (χ0) is 21.6. The van der Waals surface area contributed by atoms with Crippen molar-refractivity contribution < 1.29 is 32.6 Å². The number of rotatable bonds is 5. The first-order valence-electron chi connectivity index (χ1n) is 8.82. The molecule has 4 rings (SSSR count). The summed E-state index contributed by atoms with van der Waals surface area (Å²) in [6.45, 7) is 0.492. The molecular formula is C19H15F3N4O4. The van der Waals surface area contributed by atoms with Crippen LogP contribution in [0.15, 0.2) is 42.5 Å². The number of pyridine rings is 1. The fourth-order valence-electron chi connectivity index (χ4n) is 3.42. The monoisotopic (exact) mass is 420 g/mol. The van der Waals surface area contributed by atoms with Crippen molar-refractivity contribution in [1.82, 2.24) is 9.55 Å². The van der Waals surface area contributed by atoms with Gasteiger partial charge in [-0.3, -0.25) is 9.36 Å². The summed E-state index contributed by atoms with van der Waals surface area (Å²) in [4.78, 5) is 29.3. The molecule has 1 aromatic carbocycles.